The van der Waals surface area contributed by atoms with Gasteiger partial charge in [0.15, 0.2) is 0 Å². The third-order valence-electron chi connectivity index (χ3n) is 1.89. The number of hydrogen-bond acceptors (Lipinski definition) is 4. The van der Waals surface area contributed by atoms with Gasteiger partial charge in [0, 0.05) is 0 Å². The van der Waals surface area contributed by atoms with Crippen LogP contribution in [-0.4, -0.2) is 18.5 Å². The van der Waals surface area contributed by atoms with Crippen molar-refractivity contribution in [2.75, 3.05) is 17.2 Å². The number of carbonyl (C=O) groups is 1. The zero-order valence-electron chi connectivity index (χ0n) is 7.20. The number of fused-ring (bicyclic) bond motifs is 1. The Labute approximate surface area is 79.8 Å². The van der Waals surface area contributed by atoms with Crippen molar-refractivity contribution < 1.29 is 9.59 Å². The van der Waals surface area contributed by atoms with E-state index in [0.29, 0.717) is 11.4 Å². The SMILES string of the molecule is O=C=Nc1ccc2c(c1)NC(=O)CN2. The average Bonchev–Trinajstić information content (AvgIpc) is 2.17. The molecule has 2 N–H and O–H groups in total. The van der Waals surface area contributed by atoms with Gasteiger partial charge in [0.2, 0.25) is 12.0 Å². The largest absolute Gasteiger partial charge is 0.374 e. The van der Waals surface area contributed by atoms with Crippen molar-refractivity contribution in [1.82, 2.24) is 0 Å². The fraction of sp³-hybridized carbons (Fsp3) is 0.111. The van der Waals surface area contributed by atoms with E-state index >= 15 is 0 Å². The summed E-state index contributed by atoms with van der Waals surface area (Å²) in [5, 5.41) is 5.60. The fourth-order valence-electron chi connectivity index (χ4n) is 1.28. The van der Waals surface area contributed by atoms with E-state index in [1.54, 1.807) is 18.2 Å². The molecule has 0 bridgehead atoms. The third-order valence-corrected chi connectivity index (χ3v) is 1.89. The molecule has 0 aromatic heterocycles. The highest BCUT2D eigenvalue weighted by atomic mass is 16.2. The minimum atomic E-state index is -0.107. The molecule has 0 saturated carbocycles. The summed E-state index contributed by atoms with van der Waals surface area (Å²) in [6, 6.07) is 5.05. The van der Waals surface area contributed by atoms with Crippen LogP contribution in [0.4, 0.5) is 17.1 Å². The van der Waals surface area contributed by atoms with Crippen molar-refractivity contribution in [3.8, 4) is 0 Å². The van der Waals surface area contributed by atoms with E-state index < -0.39 is 0 Å². The zero-order chi connectivity index (χ0) is 9.97. The first-order chi connectivity index (χ1) is 6.79. The molecular weight excluding hydrogens is 182 g/mol. The summed E-state index contributed by atoms with van der Waals surface area (Å²) >= 11 is 0. The number of aliphatic imine (C=N–C) groups is 1. The molecule has 2 rings (SSSR count). The monoisotopic (exact) mass is 189 g/mol. The van der Waals surface area contributed by atoms with Crippen LogP contribution in [0.25, 0.3) is 0 Å². The zero-order valence-corrected chi connectivity index (χ0v) is 7.20. The first-order valence-electron chi connectivity index (χ1n) is 4.05. The molecular formula is C9H7N3O2. The Morgan fingerprint density at radius 3 is 3.00 bits per heavy atom. The van der Waals surface area contributed by atoms with Crippen LogP contribution in [-0.2, 0) is 9.59 Å². The molecule has 1 aromatic carbocycles. The maximum Gasteiger partial charge on any atom is 0.243 e. The first-order valence-corrected chi connectivity index (χ1v) is 4.05. The Balaban J connectivity index is 2.42. The molecule has 0 unspecified atom stereocenters. The Hall–Kier alpha value is -2.13. The lowest BCUT2D eigenvalue weighted by Gasteiger charge is -2.18. The van der Waals surface area contributed by atoms with Gasteiger partial charge in [0.25, 0.3) is 0 Å². The molecule has 70 valence electrons. The topological polar surface area (TPSA) is 70.6 Å². The van der Waals surface area contributed by atoms with Gasteiger partial charge in [0.05, 0.1) is 23.6 Å². The second-order valence-electron chi connectivity index (χ2n) is 2.83. The maximum atomic E-state index is 11.0. The van der Waals surface area contributed by atoms with Crippen molar-refractivity contribution in [3.05, 3.63) is 18.2 Å². The Morgan fingerprint density at radius 1 is 1.36 bits per heavy atom. The number of carbonyl (C=O) groups excluding carboxylic acids is 2. The van der Waals surface area contributed by atoms with E-state index in [1.165, 1.54) is 6.08 Å². The normalized spacial score (nSPS) is 13.3. The van der Waals surface area contributed by atoms with Gasteiger partial charge in [-0.1, -0.05) is 0 Å². The molecule has 0 fully saturated rings. The summed E-state index contributed by atoms with van der Waals surface area (Å²) in [5.74, 6) is -0.107. The highest BCUT2D eigenvalue weighted by Crippen LogP contribution is 2.28. The summed E-state index contributed by atoms with van der Waals surface area (Å²) in [6.45, 7) is 0.267. The number of anilines is 2. The van der Waals surface area contributed by atoms with Crippen LogP contribution in [0.15, 0.2) is 23.2 Å². The number of isocyanates is 1. The molecule has 5 heteroatoms. The van der Waals surface area contributed by atoms with Gasteiger partial charge in [0.1, 0.15) is 0 Å². The molecule has 1 heterocycles. The van der Waals surface area contributed by atoms with Crippen LogP contribution < -0.4 is 10.6 Å². The van der Waals surface area contributed by atoms with Crippen molar-refractivity contribution >= 4 is 29.0 Å². The summed E-state index contributed by atoms with van der Waals surface area (Å²) < 4.78 is 0. The number of amides is 1. The van der Waals surface area contributed by atoms with Gasteiger partial charge in [-0.15, -0.1) is 0 Å². The summed E-state index contributed by atoms with van der Waals surface area (Å²) in [4.78, 5) is 24.5. The molecule has 1 aromatic rings. The van der Waals surface area contributed by atoms with E-state index in [2.05, 4.69) is 15.6 Å². The van der Waals surface area contributed by atoms with E-state index in [1.807, 2.05) is 0 Å². The van der Waals surface area contributed by atoms with Crippen LogP contribution in [0.5, 0.6) is 0 Å². The Bertz CT molecular complexity index is 436. The van der Waals surface area contributed by atoms with Crippen LogP contribution >= 0.6 is 0 Å². The molecule has 0 radical (unpaired) electrons. The number of hydrogen-bond donors (Lipinski definition) is 2. The number of nitrogens with zero attached hydrogens (tertiary/aromatic N) is 1. The summed E-state index contributed by atoms with van der Waals surface area (Å²) in [6.07, 6.45) is 1.44. The van der Waals surface area contributed by atoms with Crippen molar-refractivity contribution in [2.45, 2.75) is 0 Å². The highest BCUT2D eigenvalue weighted by molar-refractivity contribution is 6.01. The van der Waals surface area contributed by atoms with Gasteiger partial charge in [-0.3, -0.25) is 4.79 Å². The van der Waals surface area contributed by atoms with Gasteiger partial charge in [-0.2, -0.15) is 4.99 Å². The van der Waals surface area contributed by atoms with Gasteiger partial charge >= 0.3 is 0 Å². The molecule has 1 amide bonds. The lowest BCUT2D eigenvalue weighted by atomic mass is 10.2. The molecule has 1 aliphatic rings. The second kappa shape index (κ2) is 3.32. The highest BCUT2D eigenvalue weighted by Gasteiger charge is 2.13. The van der Waals surface area contributed by atoms with Crippen molar-refractivity contribution in [2.24, 2.45) is 4.99 Å². The molecule has 14 heavy (non-hydrogen) atoms. The minimum Gasteiger partial charge on any atom is -0.374 e. The van der Waals surface area contributed by atoms with Crippen LogP contribution in [0.1, 0.15) is 0 Å². The molecule has 0 saturated heterocycles. The quantitative estimate of drug-likeness (QED) is 0.511. The second-order valence-corrected chi connectivity index (χ2v) is 2.83. The third kappa shape index (κ3) is 1.48. The lowest BCUT2D eigenvalue weighted by Crippen LogP contribution is -2.27. The van der Waals surface area contributed by atoms with Gasteiger partial charge < -0.3 is 10.6 Å². The molecule has 5 nitrogen and oxygen atoms in total. The fourth-order valence-corrected chi connectivity index (χ4v) is 1.28. The van der Waals surface area contributed by atoms with E-state index in [-0.39, 0.29) is 12.5 Å². The summed E-state index contributed by atoms with van der Waals surface area (Å²) in [5.41, 5.74) is 1.94. The molecule has 0 atom stereocenters. The van der Waals surface area contributed by atoms with Crippen LogP contribution in [0.2, 0.25) is 0 Å². The number of rotatable bonds is 1. The smallest absolute Gasteiger partial charge is 0.243 e. The Morgan fingerprint density at radius 2 is 2.21 bits per heavy atom. The molecule has 1 aliphatic heterocycles. The van der Waals surface area contributed by atoms with Gasteiger partial charge in [-0.25, -0.2) is 4.79 Å². The average molecular weight is 189 g/mol. The van der Waals surface area contributed by atoms with Gasteiger partial charge in [-0.05, 0) is 18.2 Å². The van der Waals surface area contributed by atoms with E-state index in [9.17, 15) is 9.59 Å². The van der Waals surface area contributed by atoms with E-state index in [4.69, 9.17) is 0 Å². The number of benzene rings is 1. The molecule has 0 spiro atoms. The number of nitrogens with one attached hydrogen (secondary N) is 2. The van der Waals surface area contributed by atoms with Crippen LogP contribution in [0, 0.1) is 0 Å². The van der Waals surface area contributed by atoms with E-state index in [0.717, 1.165) is 5.69 Å². The predicted octanol–water partition coefficient (Wildman–Crippen LogP) is 1.02. The minimum absolute atomic E-state index is 0.107. The standard InChI is InChI=1S/C9H7N3O2/c13-5-11-6-1-2-7-8(3-6)12-9(14)4-10-7/h1-3,10H,4H2,(H,12,14). The lowest BCUT2D eigenvalue weighted by molar-refractivity contribution is -0.114. The Kier molecular flexibility index (Phi) is 2.01. The predicted molar refractivity (Wildman–Crippen MR) is 51.3 cm³/mol. The van der Waals surface area contributed by atoms with Crippen molar-refractivity contribution in [1.29, 1.82) is 0 Å². The summed E-state index contributed by atoms with van der Waals surface area (Å²) in [7, 11) is 0. The van der Waals surface area contributed by atoms with Crippen molar-refractivity contribution in [3.63, 3.8) is 0 Å². The van der Waals surface area contributed by atoms with Crippen LogP contribution in [0.3, 0.4) is 0 Å². The maximum absolute atomic E-state index is 11.0. The first kappa shape index (κ1) is 8.47. The molecule has 0 aliphatic carbocycles.